The fraction of sp³-hybridized carbons (Fsp3) is 0.625. The molecule has 3 unspecified atom stereocenters. The molecule has 0 amide bonds. The molecule has 0 N–H and O–H groups in total. The van der Waals surface area contributed by atoms with Crippen LogP contribution < -0.4 is 4.90 Å². The molecule has 9 heteroatoms. The number of rotatable bonds is 4. The molecule has 0 radical (unpaired) electrons. The molecule has 1 saturated heterocycles. The number of anilines is 1. The monoisotopic (exact) mass is 374 g/mol. The van der Waals surface area contributed by atoms with Crippen LogP contribution in [0, 0.1) is 16.0 Å². The van der Waals surface area contributed by atoms with Crippen molar-refractivity contribution in [2.45, 2.75) is 61.8 Å². The van der Waals surface area contributed by atoms with Crippen LogP contribution in [0.5, 0.6) is 0 Å². The van der Waals surface area contributed by atoms with Gasteiger partial charge >= 0.3 is 5.76 Å². The van der Waals surface area contributed by atoms with Gasteiger partial charge in [0.1, 0.15) is 5.69 Å². The highest BCUT2D eigenvalue weighted by atomic mass is 32.2. The summed E-state index contributed by atoms with van der Waals surface area (Å²) in [4.78, 5) is 12.1. The molecule has 25 heavy (non-hydrogen) atoms. The fourth-order valence-electron chi connectivity index (χ4n) is 4.27. The number of hydrogen-bond donors (Lipinski definition) is 0. The Labute approximate surface area is 144 Å². The normalized spacial score (nSPS) is 26.7. The number of benzene rings is 1. The van der Waals surface area contributed by atoms with Gasteiger partial charge in [-0.3, -0.25) is 10.1 Å². The molecule has 1 aliphatic heterocycles. The van der Waals surface area contributed by atoms with Gasteiger partial charge in [0, 0.05) is 18.2 Å². The van der Waals surface area contributed by atoms with E-state index in [4.69, 9.17) is 0 Å². The Hall–Kier alpha value is -1.77. The van der Waals surface area contributed by atoms with E-state index in [1.807, 2.05) is 11.8 Å². The molecular formula is C16H20F2N2O4S. The van der Waals surface area contributed by atoms with Gasteiger partial charge < -0.3 is 4.90 Å². The Bertz CT molecular complexity index is 784. The van der Waals surface area contributed by atoms with E-state index in [0.717, 1.165) is 44.2 Å². The molecular weight excluding hydrogens is 354 g/mol. The quantitative estimate of drug-likeness (QED) is 0.592. The minimum atomic E-state index is -4.87. The Balaban J connectivity index is 2.06. The largest absolute Gasteiger partial charge is 0.360 e. The van der Waals surface area contributed by atoms with E-state index < -0.39 is 31.1 Å². The Morgan fingerprint density at radius 3 is 2.60 bits per heavy atom. The van der Waals surface area contributed by atoms with Crippen molar-refractivity contribution >= 4 is 21.2 Å². The van der Waals surface area contributed by atoms with E-state index in [2.05, 4.69) is 0 Å². The first-order chi connectivity index (χ1) is 11.7. The molecule has 2 aliphatic rings. The lowest BCUT2D eigenvalue weighted by Gasteiger charge is -2.34. The van der Waals surface area contributed by atoms with Gasteiger partial charge in [-0.05, 0) is 44.2 Å². The lowest BCUT2D eigenvalue weighted by Crippen LogP contribution is -2.38. The summed E-state index contributed by atoms with van der Waals surface area (Å²) >= 11 is 0. The number of sulfone groups is 1. The second kappa shape index (κ2) is 6.51. The zero-order valence-corrected chi connectivity index (χ0v) is 14.6. The average molecular weight is 374 g/mol. The van der Waals surface area contributed by atoms with Crippen molar-refractivity contribution in [3.05, 3.63) is 28.3 Å². The number of nitro groups is 1. The average Bonchev–Trinajstić information content (AvgIpc) is 2.89. The van der Waals surface area contributed by atoms with Gasteiger partial charge in [0.05, 0.1) is 9.82 Å². The summed E-state index contributed by atoms with van der Waals surface area (Å²) in [7, 11) is -4.87. The number of nitro benzene ring substituents is 1. The lowest BCUT2D eigenvalue weighted by molar-refractivity contribution is -0.384. The van der Waals surface area contributed by atoms with Gasteiger partial charge in [-0.25, -0.2) is 8.42 Å². The van der Waals surface area contributed by atoms with Crippen LogP contribution in [-0.4, -0.2) is 31.2 Å². The van der Waals surface area contributed by atoms with Crippen LogP contribution in [-0.2, 0) is 9.84 Å². The van der Waals surface area contributed by atoms with E-state index >= 15 is 0 Å². The van der Waals surface area contributed by atoms with E-state index in [1.54, 1.807) is 0 Å². The van der Waals surface area contributed by atoms with Crippen molar-refractivity contribution in [1.82, 2.24) is 0 Å². The summed E-state index contributed by atoms with van der Waals surface area (Å²) < 4.78 is 48.8. The summed E-state index contributed by atoms with van der Waals surface area (Å²) in [5.74, 6) is -3.14. The van der Waals surface area contributed by atoms with Crippen LogP contribution >= 0.6 is 0 Å². The molecule has 6 nitrogen and oxygen atoms in total. The van der Waals surface area contributed by atoms with E-state index in [1.165, 1.54) is 6.07 Å². The number of halogens is 2. The molecule has 0 spiro atoms. The highest BCUT2D eigenvalue weighted by Gasteiger charge is 2.42. The maximum Gasteiger partial charge on any atom is 0.341 e. The SMILES string of the molecule is CC1CC2CCCCC2N1c1ccc(S(=O)(=O)C(F)F)cc1[N+](=O)[O-]. The molecule has 2 fully saturated rings. The first-order valence-corrected chi connectivity index (χ1v) is 9.87. The van der Waals surface area contributed by atoms with Crippen molar-refractivity contribution in [2.75, 3.05) is 4.90 Å². The molecule has 138 valence electrons. The predicted molar refractivity (Wildman–Crippen MR) is 88.6 cm³/mol. The maximum atomic E-state index is 12.7. The fourth-order valence-corrected chi connectivity index (χ4v) is 5.01. The second-order valence-electron chi connectivity index (χ2n) is 6.82. The van der Waals surface area contributed by atoms with Crippen molar-refractivity contribution < 1.29 is 22.1 Å². The van der Waals surface area contributed by atoms with Crippen LogP contribution in [0.3, 0.4) is 0 Å². The Kier molecular flexibility index (Phi) is 4.70. The summed E-state index contributed by atoms with van der Waals surface area (Å²) in [6.45, 7) is 1.99. The first-order valence-electron chi connectivity index (χ1n) is 8.32. The van der Waals surface area contributed by atoms with Crippen LogP contribution in [0.4, 0.5) is 20.2 Å². The van der Waals surface area contributed by atoms with Gasteiger partial charge in [0.2, 0.25) is 9.84 Å². The molecule has 0 bridgehead atoms. The van der Waals surface area contributed by atoms with Crippen LogP contribution in [0.2, 0.25) is 0 Å². The van der Waals surface area contributed by atoms with Gasteiger partial charge in [-0.15, -0.1) is 0 Å². The highest BCUT2D eigenvalue weighted by molar-refractivity contribution is 7.91. The van der Waals surface area contributed by atoms with Gasteiger partial charge in [0.25, 0.3) is 5.69 Å². The Morgan fingerprint density at radius 2 is 1.96 bits per heavy atom. The van der Waals surface area contributed by atoms with Crippen LogP contribution in [0.1, 0.15) is 39.0 Å². The smallest absolute Gasteiger partial charge is 0.341 e. The summed E-state index contributed by atoms with van der Waals surface area (Å²) in [6, 6.07) is 3.39. The number of hydrogen-bond acceptors (Lipinski definition) is 5. The third-order valence-electron chi connectivity index (χ3n) is 5.33. The second-order valence-corrected chi connectivity index (χ2v) is 8.73. The predicted octanol–water partition coefficient (Wildman–Crippen LogP) is 3.75. The topological polar surface area (TPSA) is 80.5 Å². The van der Waals surface area contributed by atoms with E-state index in [0.29, 0.717) is 11.6 Å². The van der Waals surface area contributed by atoms with Crippen molar-refractivity contribution in [3.8, 4) is 0 Å². The lowest BCUT2D eigenvalue weighted by atomic mass is 9.85. The molecule has 1 heterocycles. The maximum absolute atomic E-state index is 12.7. The van der Waals surface area contributed by atoms with Crippen molar-refractivity contribution in [2.24, 2.45) is 5.92 Å². The van der Waals surface area contributed by atoms with Gasteiger partial charge in [-0.1, -0.05) is 12.8 Å². The standard InChI is InChI=1S/C16H20F2N2O4S/c1-10-8-11-4-2-3-5-13(11)19(10)14-7-6-12(9-15(14)20(21)22)25(23,24)16(17)18/h6-7,9-11,13,16H,2-5,8H2,1H3. The molecule has 1 aromatic rings. The van der Waals surface area contributed by atoms with Gasteiger partial charge in [-0.2, -0.15) is 8.78 Å². The van der Waals surface area contributed by atoms with Crippen LogP contribution in [0.15, 0.2) is 23.1 Å². The molecule has 1 saturated carbocycles. The third-order valence-corrected chi connectivity index (χ3v) is 6.71. The molecule has 3 rings (SSSR count). The zero-order chi connectivity index (χ0) is 18.4. The van der Waals surface area contributed by atoms with Crippen molar-refractivity contribution in [3.63, 3.8) is 0 Å². The van der Waals surface area contributed by atoms with E-state index in [-0.39, 0.29) is 12.1 Å². The van der Waals surface area contributed by atoms with Gasteiger partial charge in [0.15, 0.2) is 0 Å². The van der Waals surface area contributed by atoms with Crippen LogP contribution in [0.25, 0.3) is 0 Å². The third kappa shape index (κ3) is 3.09. The molecule has 0 aromatic heterocycles. The minimum Gasteiger partial charge on any atom is -0.360 e. The molecule has 1 aliphatic carbocycles. The number of fused-ring (bicyclic) bond motifs is 1. The highest BCUT2D eigenvalue weighted by Crippen LogP contribution is 2.45. The number of nitrogens with zero attached hydrogens (tertiary/aromatic N) is 2. The summed E-state index contributed by atoms with van der Waals surface area (Å²) in [6.07, 6.45) is 5.14. The first kappa shape index (κ1) is 18.0. The molecule has 1 aromatic carbocycles. The Morgan fingerprint density at radius 1 is 1.28 bits per heavy atom. The summed E-state index contributed by atoms with van der Waals surface area (Å²) in [5.41, 5.74) is -0.111. The minimum absolute atomic E-state index is 0.0874. The number of alkyl halides is 2. The van der Waals surface area contributed by atoms with E-state index in [9.17, 15) is 27.3 Å². The summed E-state index contributed by atoms with van der Waals surface area (Å²) in [5, 5.41) is 11.5. The van der Waals surface area contributed by atoms with Crippen molar-refractivity contribution in [1.29, 1.82) is 0 Å². The zero-order valence-electron chi connectivity index (χ0n) is 13.8. The molecule has 3 atom stereocenters.